The lowest BCUT2D eigenvalue weighted by Gasteiger charge is -2.42. The van der Waals surface area contributed by atoms with Gasteiger partial charge in [-0.15, -0.1) is 0 Å². The molecule has 0 aromatic heterocycles. The van der Waals surface area contributed by atoms with E-state index in [0.29, 0.717) is 5.56 Å². The number of hydrogen-bond donors (Lipinski definition) is 1. The Bertz CT molecular complexity index is 392. The van der Waals surface area contributed by atoms with Crippen molar-refractivity contribution in [2.75, 3.05) is 14.1 Å². The summed E-state index contributed by atoms with van der Waals surface area (Å²) in [6, 6.07) is 7.07. The van der Waals surface area contributed by atoms with Crippen molar-refractivity contribution >= 4 is 0 Å². The van der Waals surface area contributed by atoms with E-state index in [0.717, 1.165) is 25.7 Å². The van der Waals surface area contributed by atoms with Crippen molar-refractivity contribution < 1.29 is 4.39 Å². The van der Waals surface area contributed by atoms with Gasteiger partial charge in [0, 0.05) is 11.6 Å². The van der Waals surface area contributed by atoms with E-state index >= 15 is 0 Å². The van der Waals surface area contributed by atoms with Crippen molar-refractivity contribution in [2.45, 2.75) is 51.1 Å². The topological polar surface area (TPSA) is 29.3 Å². The lowest BCUT2D eigenvalue weighted by Crippen LogP contribution is -2.54. The smallest absolute Gasteiger partial charge is 0.128 e. The second kappa shape index (κ2) is 7.01. The summed E-state index contributed by atoms with van der Waals surface area (Å²) < 4.78 is 14.2. The van der Waals surface area contributed by atoms with Crippen LogP contribution in [0.15, 0.2) is 24.3 Å². The number of halogens is 1. The van der Waals surface area contributed by atoms with Gasteiger partial charge in [0.05, 0.1) is 5.54 Å². The number of nitrogens with zero attached hydrogens (tertiary/aromatic N) is 1. The molecule has 108 valence electrons. The van der Waals surface area contributed by atoms with Gasteiger partial charge in [-0.25, -0.2) is 4.39 Å². The third-order valence-electron chi connectivity index (χ3n) is 3.82. The molecule has 0 bridgehead atoms. The van der Waals surface area contributed by atoms with Crippen LogP contribution < -0.4 is 5.73 Å². The molecule has 0 aliphatic rings. The molecular formula is C16H27FN2. The molecule has 2 unspecified atom stereocenters. The third kappa shape index (κ3) is 3.54. The average molecular weight is 266 g/mol. The minimum Gasteiger partial charge on any atom is -0.320 e. The van der Waals surface area contributed by atoms with Crippen molar-refractivity contribution in [1.82, 2.24) is 4.90 Å². The van der Waals surface area contributed by atoms with Gasteiger partial charge in [0.25, 0.3) is 0 Å². The quantitative estimate of drug-likeness (QED) is 0.818. The van der Waals surface area contributed by atoms with Crippen molar-refractivity contribution in [3.05, 3.63) is 35.6 Å². The highest BCUT2D eigenvalue weighted by Crippen LogP contribution is 2.33. The third-order valence-corrected chi connectivity index (χ3v) is 3.82. The number of nitrogens with two attached hydrogens (primary N) is 1. The van der Waals surface area contributed by atoms with Crippen LogP contribution in [-0.2, 0) is 5.54 Å². The average Bonchev–Trinajstić information content (AvgIpc) is 2.36. The first-order chi connectivity index (χ1) is 8.97. The van der Waals surface area contributed by atoms with Gasteiger partial charge in [0.15, 0.2) is 0 Å². The van der Waals surface area contributed by atoms with Gasteiger partial charge in [0.2, 0.25) is 0 Å². The molecule has 0 saturated carbocycles. The first-order valence-electron chi connectivity index (χ1n) is 7.17. The lowest BCUT2D eigenvalue weighted by molar-refractivity contribution is 0.150. The minimum atomic E-state index is -0.625. The SMILES string of the molecule is CCCC(N(C)C)C(N)(CCC)c1ccccc1F. The van der Waals surface area contributed by atoms with Crippen LogP contribution in [0.3, 0.4) is 0 Å². The number of likely N-dealkylation sites (N-methyl/N-ethyl adjacent to an activating group) is 1. The number of benzene rings is 1. The molecule has 0 saturated heterocycles. The summed E-state index contributed by atoms with van der Waals surface area (Å²) in [5.74, 6) is -0.193. The molecule has 2 N–H and O–H groups in total. The molecule has 2 atom stereocenters. The maximum absolute atomic E-state index is 14.2. The van der Waals surface area contributed by atoms with Crippen LogP contribution in [0, 0.1) is 5.82 Å². The Morgan fingerprint density at radius 2 is 1.84 bits per heavy atom. The zero-order valence-electron chi connectivity index (χ0n) is 12.6. The molecule has 0 heterocycles. The highest BCUT2D eigenvalue weighted by molar-refractivity contribution is 5.28. The van der Waals surface area contributed by atoms with E-state index in [1.807, 2.05) is 26.2 Å². The zero-order chi connectivity index (χ0) is 14.5. The van der Waals surface area contributed by atoms with E-state index in [1.165, 1.54) is 6.07 Å². The fraction of sp³-hybridized carbons (Fsp3) is 0.625. The van der Waals surface area contributed by atoms with Crippen LogP contribution >= 0.6 is 0 Å². The van der Waals surface area contributed by atoms with Gasteiger partial charge >= 0.3 is 0 Å². The van der Waals surface area contributed by atoms with Crippen LogP contribution in [0.25, 0.3) is 0 Å². The molecule has 19 heavy (non-hydrogen) atoms. The maximum atomic E-state index is 14.2. The second-order valence-electron chi connectivity index (χ2n) is 5.54. The van der Waals surface area contributed by atoms with E-state index < -0.39 is 5.54 Å². The summed E-state index contributed by atoms with van der Waals surface area (Å²) in [5.41, 5.74) is 6.70. The normalized spacial score (nSPS) is 16.4. The molecule has 1 aromatic carbocycles. The van der Waals surface area contributed by atoms with E-state index in [9.17, 15) is 4.39 Å². The Morgan fingerprint density at radius 3 is 2.32 bits per heavy atom. The summed E-state index contributed by atoms with van der Waals surface area (Å²) in [5, 5.41) is 0. The van der Waals surface area contributed by atoms with Crippen LogP contribution in [0.4, 0.5) is 4.39 Å². The Kier molecular flexibility index (Phi) is 5.95. The van der Waals surface area contributed by atoms with Crippen molar-refractivity contribution in [3.8, 4) is 0 Å². The predicted octanol–water partition coefficient (Wildman–Crippen LogP) is 3.51. The molecule has 0 aliphatic heterocycles. The first-order valence-corrected chi connectivity index (χ1v) is 7.17. The van der Waals surface area contributed by atoms with E-state index in [4.69, 9.17) is 5.73 Å². The molecule has 1 rings (SSSR count). The summed E-state index contributed by atoms with van der Waals surface area (Å²) in [4.78, 5) is 2.13. The van der Waals surface area contributed by atoms with E-state index in [2.05, 4.69) is 18.7 Å². The van der Waals surface area contributed by atoms with Crippen molar-refractivity contribution in [3.63, 3.8) is 0 Å². The summed E-state index contributed by atoms with van der Waals surface area (Å²) in [6.07, 6.45) is 3.74. The molecule has 0 fully saturated rings. The van der Waals surface area contributed by atoms with Crippen LogP contribution in [0.2, 0.25) is 0 Å². The van der Waals surface area contributed by atoms with E-state index in [1.54, 1.807) is 6.07 Å². The van der Waals surface area contributed by atoms with Gasteiger partial charge < -0.3 is 10.6 Å². The Morgan fingerprint density at radius 1 is 1.21 bits per heavy atom. The molecule has 1 aromatic rings. The Hall–Kier alpha value is -0.930. The van der Waals surface area contributed by atoms with Gasteiger partial charge in [0.1, 0.15) is 5.82 Å². The second-order valence-corrected chi connectivity index (χ2v) is 5.54. The summed E-state index contributed by atoms with van der Waals surface area (Å²) in [6.45, 7) is 4.24. The maximum Gasteiger partial charge on any atom is 0.128 e. The fourth-order valence-corrected chi connectivity index (χ4v) is 2.98. The first kappa shape index (κ1) is 16.1. The lowest BCUT2D eigenvalue weighted by atomic mass is 9.77. The molecule has 3 heteroatoms. The number of hydrogen-bond acceptors (Lipinski definition) is 2. The Balaban J connectivity index is 3.25. The molecular weight excluding hydrogens is 239 g/mol. The molecule has 0 radical (unpaired) electrons. The summed E-state index contributed by atoms with van der Waals surface area (Å²) in [7, 11) is 4.05. The van der Waals surface area contributed by atoms with Gasteiger partial charge in [-0.3, -0.25) is 0 Å². The van der Waals surface area contributed by atoms with Gasteiger partial charge in [-0.2, -0.15) is 0 Å². The molecule has 2 nitrogen and oxygen atoms in total. The van der Waals surface area contributed by atoms with Crippen LogP contribution in [0.5, 0.6) is 0 Å². The molecule has 0 amide bonds. The highest BCUT2D eigenvalue weighted by atomic mass is 19.1. The molecule has 0 spiro atoms. The Labute approximate surface area is 116 Å². The standard InChI is InChI=1S/C16H27FN2/c1-5-9-15(19(3)4)16(18,12-6-2)13-10-7-8-11-14(13)17/h7-8,10-11,15H,5-6,9,12,18H2,1-4H3. The number of rotatable bonds is 7. The highest BCUT2D eigenvalue weighted by Gasteiger charge is 2.38. The van der Waals surface area contributed by atoms with Crippen molar-refractivity contribution in [2.24, 2.45) is 5.73 Å². The fourth-order valence-electron chi connectivity index (χ4n) is 2.98. The van der Waals surface area contributed by atoms with Crippen LogP contribution in [0.1, 0.15) is 45.1 Å². The largest absolute Gasteiger partial charge is 0.320 e. The predicted molar refractivity (Wildman–Crippen MR) is 79.6 cm³/mol. The van der Waals surface area contributed by atoms with Gasteiger partial charge in [-0.1, -0.05) is 44.9 Å². The molecule has 0 aliphatic carbocycles. The van der Waals surface area contributed by atoms with E-state index in [-0.39, 0.29) is 11.9 Å². The summed E-state index contributed by atoms with van der Waals surface area (Å²) >= 11 is 0. The van der Waals surface area contributed by atoms with Crippen LogP contribution in [-0.4, -0.2) is 25.0 Å². The zero-order valence-corrected chi connectivity index (χ0v) is 12.6. The minimum absolute atomic E-state index is 0.148. The van der Waals surface area contributed by atoms with Gasteiger partial charge in [-0.05, 0) is 33.0 Å². The van der Waals surface area contributed by atoms with Crippen molar-refractivity contribution in [1.29, 1.82) is 0 Å². The monoisotopic (exact) mass is 266 g/mol.